The second-order valence-corrected chi connectivity index (χ2v) is 7.66. The highest BCUT2D eigenvalue weighted by molar-refractivity contribution is 7.90. The van der Waals surface area contributed by atoms with E-state index in [1.165, 1.54) is 24.4 Å². The van der Waals surface area contributed by atoms with Crippen molar-refractivity contribution in [2.45, 2.75) is 18.2 Å². The van der Waals surface area contributed by atoms with E-state index in [1.54, 1.807) is 12.1 Å². The number of benzene rings is 1. The summed E-state index contributed by atoms with van der Waals surface area (Å²) >= 11 is 6.18. The molecule has 3 aromatic rings. The van der Waals surface area contributed by atoms with Crippen LogP contribution in [-0.4, -0.2) is 24.0 Å². The van der Waals surface area contributed by atoms with Crippen molar-refractivity contribution in [2.24, 2.45) is 0 Å². The van der Waals surface area contributed by atoms with Crippen LogP contribution in [0.3, 0.4) is 0 Å². The first-order valence-corrected chi connectivity index (χ1v) is 9.19. The third kappa shape index (κ3) is 2.88. The number of pyridine rings is 1. The molecule has 0 bridgehead atoms. The third-order valence-electron chi connectivity index (χ3n) is 3.82. The molecule has 5 nitrogen and oxygen atoms in total. The number of nitriles is 1. The number of alkyl halides is 1. The van der Waals surface area contributed by atoms with E-state index in [2.05, 4.69) is 4.98 Å². The monoisotopic (exact) mass is 377 g/mol. The molecule has 25 heavy (non-hydrogen) atoms. The zero-order valence-electron chi connectivity index (χ0n) is 13.2. The Labute approximate surface area is 149 Å². The molecule has 8 heteroatoms. The fourth-order valence-electron chi connectivity index (χ4n) is 2.58. The van der Waals surface area contributed by atoms with Gasteiger partial charge in [0.15, 0.2) is 5.65 Å². The quantitative estimate of drug-likeness (QED) is 0.695. The van der Waals surface area contributed by atoms with Crippen molar-refractivity contribution in [1.29, 1.82) is 5.26 Å². The van der Waals surface area contributed by atoms with E-state index in [4.69, 9.17) is 16.9 Å². The standard InChI is InChI=1S/C17H13ClFN3O2S/c1-11-2-4-14(5-3-11)25(23,24)22-13(6-7-19)8-15-16(18)12(9-20)10-21-17(15)22/h2-5,8,10H,6-7H2,1H3. The molecule has 128 valence electrons. The van der Waals surface area contributed by atoms with Crippen molar-refractivity contribution >= 4 is 32.7 Å². The SMILES string of the molecule is Cc1ccc(S(=O)(=O)n2c(CCF)cc3c(Cl)c(C#N)cnc32)cc1. The van der Waals surface area contributed by atoms with E-state index in [0.29, 0.717) is 5.39 Å². The lowest BCUT2D eigenvalue weighted by Gasteiger charge is -2.11. The van der Waals surface area contributed by atoms with Gasteiger partial charge in [0, 0.05) is 23.7 Å². The first-order chi connectivity index (χ1) is 11.9. The molecule has 2 aromatic heterocycles. The van der Waals surface area contributed by atoms with E-state index in [-0.39, 0.29) is 33.2 Å². The van der Waals surface area contributed by atoms with Crippen LogP contribution in [0, 0.1) is 18.3 Å². The van der Waals surface area contributed by atoms with Crippen molar-refractivity contribution in [2.75, 3.05) is 6.67 Å². The lowest BCUT2D eigenvalue weighted by molar-refractivity contribution is 0.490. The second-order valence-electron chi connectivity index (χ2n) is 5.49. The van der Waals surface area contributed by atoms with Crippen molar-refractivity contribution in [3.63, 3.8) is 0 Å². The normalized spacial score (nSPS) is 11.6. The van der Waals surface area contributed by atoms with E-state index in [9.17, 15) is 12.8 Å². The predicted molar refractivity (Wildman–Crippen MR) is 92.9 cm³/mol. The van der Waals surface area contributed by atoms with Crippen molar-refractivity contribution in [3.05, 3.63) is 58.4 Å². The highest BCUT2D eigenvalue weighted by Gasteiger charge is 2.25. The van der Waals surface area contributed by atoms with Gasteiger partial charge >= 0.3 is 0 Å². The Bertz CT molecular complexity index is 1100. The lowest BCUT2D eigenvalue weighted by Crippen LogP contribution is -2.16. The minimum atomic E-state index is -3.98. The van der Waals surface area contributed by atoms with Crippen molar-refractivity contribution in [3.8, 4) is 6.07 Å². The van der Waals surface area contributed by atoms with Gasteiger partial charge in [0.2, 0.25) is 0 Å². The van der Waals surface area contributed by atoms with Gasteiger partial charge in [0.05, 0.1) is 22.2 Å². The number of fused-ring (bicyclic) bond motifs is 1. The van der Waals surface area contributed by atoms with Gasteiger partial charge in [-0.25, -0.2) is 17.4 Å². The molecule has 0 N–H and O–H groups in total. The average molecular weight is 378 g/mol. The van der Waals surface area contributed by atoms with Crippen LogP contribution in [0.15, 0.2) is 41.4 Å². The Morgan fingerprint density at radius 3 is 2.60 bits per heavy atom. The van der Waals surface area contributed by atoms with Gasteiger partial charge in [-0.15, -0.1) is 0 Å². The molecule has 0 aliphatic heterocycles. The number of aromatic nitrogens is 2. The lowest BCUT2D eigenvalue weighted by atomic mass is 10.2. The van der Waals surface area contributed by atoms with Crippen LogP contribution >= 0.6 is 11.6 Å². The molecule has 1 aromatic carbocycles. The molecule has 0 unspecified atom stereocenters. The van der Waals surface area contributed by atoms with Gasteiger partial charge in [-0.1, -0.05) is 29.3 Å². The largest absolute Gasteiger partial charge is 0.269 e. The fraction of sp³-hybridized carbons (Fsp3) is 0.176. The molecule has 2 heterocycles. The Morgan fingerprint density at radius 2 is 2.00 bits per heavy atom. The zero-order chi connectivity index (χ0) is 18.2. The van der Waals surface area contributed by atoms with E-state index < -0.39 is 16.7 Å². The average Bonchev–Trinajstić information content (AvgIpc) is 2.96. The molecular formula is C17H13ClFN3O2S. The molecule has 0 atom stereocenters. The Morgan fingerprint density at radius 1 is 1.32 bits per heavy atom. The number of hydrogen-bond donors (Lipinski definition) is 0. The maximum Gasteiger partial charge on any atom is 0.269 e. The maximum absolute atomic E-state index is 13.1. The van der Waals surface area contributed by atoms with Crippen LogP contribution in [-0.2, 0) is 16.4 Å². The Balaban J connectivity index is 2.34. The van der Waals surface area contributed by atoms with E-state index in [1.807, 2.05) is 13.0 Å². The molecule has 0 radical (unpaired) electrons. The summed E-state index contributed by atoms with van der Waals surface area (Å²) in [7, 11) is -3.98. The summed E-state index contributed by atoms with van der Waals surface area (Å²) in [6.07, 6.45) is 1.10. The molecular weight excluding hydrogens is 365 g/mol. The number of nitrogens with zero attached hydrogens (tertiary/aromatic N) is 3. The minimum Gasteiger partial charge on any atom is -0.251 e. The number of aryl methyl sites for hydroxylation is 2. The molecule has 0 saturated carbocycles. The molecule has 0 spiro atoms. The summed E-state index contributed by atoms with van der Waals surface area (Å²) in [5.74, 6) is 0. The molecule has 0 amide bonds. The minimum absolute atomic E-state index is 0.0676. The summed E-state index contributed by atoms with van der Waals surface area (Å²) < 4.78 is 40.1. The predicted octanol–water partition coefficient (Wildman–Crippen LogP) is 3.62. The highest BCUT2D eigenvalue weighted by atomic mass is 35.5. The topological polar surface area (TPSA) is 75.8 Å². The van der Waals surface area contributed by atoms with Gasteiger partial charge in [-0.2, -0.15) is 5.26 Å². The zero-order valence-corrected chi connectivity index (χ0v) is 14.8. The number of hydrogen-bond acceptors (Lipinski definition) is 4. The summed E-state index contributed by atoms with van der Waals surface area (Å²) in [5, 5.41) is 9.47. The summed E-state index contributed by atoms with van der Waals surface area (Å²) in [5.41, 5.74) is 1.35. The Hall–Kier alpha value is -2.43. The van der Waals surface area contributed by atoms with Crippen LogP contribution in [0.5, 0.6) is 0 Å². The van der Waals surface area contributed by atoms with Gasteiger partial charge < -0.3 is 0 Å². The maximum atomic E-state index is 13.1. The molecule has 0 aliphatic carbocycles. The number of rotatable bonds is 4. The first-order valence-electron chi connectivity index (χ1n) is 7.37. The van der Waals surface area contributed by atoms with Crippen molar-refractivity contribution in [1.82, 2.24) is 8.96 Å². The van der Waals surface area contributed by atoms with Gasteiger partial charge in [0.1, 0.15) is 6.07 Å². The van der Waals surface area contributed by atoms with E-state index >= 15 is 0 Å². The third-order valence-corrected chi connectivity index (χ3v) is 5.99. The van der Waals surface area contributed by atoms with Crippen molar-refractivity contribution < 1.29 is 12.8 Å². The molecule has 0 aliphatic rings. The van der Waals surface area contributed by atoms with Gasteiger partial charge in [0.25, 0.3) is 10.0 Å². The van der Waals surface area contributed by atoms with Crippen LogP contribution in [0.4, 0.5) is 4.39 Å². The van der Waals surface area contributed by atoms with Crippen LogP contribution in [0.2, 0.25) is 5.02 Å². The summed E-state index contributed by atoms with van der Waals surface area (Å²) in [6.45, 7) is 1.11. The molecule has 3 rings (SSSR count). The van der Waals surface area contributed by atoms with Gasteiger partial charge in [-0.05, 0) is 25.1 Å². The second kappa shape index (κ2) is 6.47. The van der Waals surface area contributed by atoms with Gasteiger partial charge in [-0.3, -0.25) is 4.39 Å². The van der Waals surface area contributed by atoms with Crippen LogP contribution in [0.25, 0.3) is 11.0 Å². The summed E-state index contributed by atoms with van der Waals surface area (Å²) in [6, 6.07) is 9.71. The summed E-state index contributed by atoms with van der Waals surface area (Å²) in [4.78, 5) is 4.15. The number of halogens is 2. The van der Waals surface area contributed by atoms with Crippen LogP contribution in [0.1, 0.15) is 16.8 Å². The molecule has 0 saturated heterocycles. The highest BCUT2D eigenvalue weighted by Crippen LogP contribution is 2.31. The Kier molecular flexibility index (Phi) is 4.50. The first kappa shape index (κ1) is 17.4. The molecule has 0 fully saturated rings. The fourth-order valence-corrected chi connectivity index (χ4v) is 4.33. The smallest absolute Gasteiger partial charge is 0.251 e. The van der Waals surface area contributed by atoms with Crippen LogP contribution < -0.4 is 0 Å². The van der Waals surface area contributed by atoms with E-state index in [0.717, 1.165) is 9.54 Å².